The first-order chi connectivity index (χ1) is 9.26. The normalized spacial score (nSPS) is 23.7. The van der Waals surface area contributed by atoms with Gasteiger partial charge in [0.1, 0.15) is 0 Å². The smallest absolute Gasteiger partial charge is 0.0705 e. The van der Waals surface area contributed by atoms with Gasteiger partial charge in [-0.05, 0) is 49.4 Å². The average molecular weight is 257 g/mol. The van der Waals surface area contributed by atoms with Gasteiger partial charge in [0.25, 0.3) is 0 Å². The third kappa shape index (κ3) is 2.62. The van der Waals surface area contributed by atoms with Crippen LogP contribution in [0.25, 0.3) is 10.9 Å². The maximum absolute atomic E-state index is 9.56. The molecule has 3 heteroatoms. The Morgan fingerprint density at radius 2 is 1.84 bits per heavy atom. The van der Waals surface area contributed by atoms with E-state index in [1.165, 1.54) is 0 Å². The minimum atomic E-state index is -0.121. The molecule has 2 aromatic rings. The molecule has 0 radical (unpaired) electrons. The molecule has 1 heterocycles. The van der Waals surface area contributed by atoms with Crippen molar-refractivity contribution in [1.29, 1.82) is 0 Å². The van der Waals surface area contributed by atoms with Crippen LogP contribution in [0.5, 0.6) is 0 Å². The maximum Gasteiger partial charge on any atom is 0.0705 e. The first kappa shape index (κ1) is 12.6. The van der Waals surface area contributed by atoms with Crippen molar-refractivity contribution in [3.63, 3.8) is 0 Å². The molecule has 1 saturated carbocycles. The van der Waals surface area contributed by atoms with Crippen LogP contribution in [0.4, 0.5) is 0 Å². The van der Waals surface area contributed by atoms with Crippen molar-refractivity contribution < 1.29 is 10.2 Å². The number of benzene rings is 1. The predicted octanol–water partition coefficient (Wildman–Crippen LogP) is 2.75. The molecule has 0 bridgehead atoms. The van der Waals surface area contributed by atoms with Gasteiger partial charge in [-0.2, -0.15) is 0 Å². The lowest BCUT2D eigenvalue weighted by atomic mass is 9.85. The fourth-order valence-corrected chi connectivity index (χ4v) is 2.89. The highest BCUT2D eigenvalue weighted by Crippen LogP contribution is 2.32. The second-order valence-electron chi connectivity index (χ2n) is 5.43. The third-order valence-electron chi connectivity index (χ3n) is 4.07. The molecule has 0 amide bonds. The van der Waals surface area contributed by atoms with Crippen LogP contribution in [0.2, 0.25) is 0 Å². The number of nitrogens with zero attached hydrogens (tertiary/aromatic N) is 1. The quantitative estimate of drug-likeness (QED) is 0.869. The molecule has 19 heavy (non-hydrogen) atoms. The monoisotopic (exact) mass is 257 g/mol. The summed E-state index contributed by atoms with van der Waals surface area (Å²) in [5.74, 6) is 0.477. The third-order valence-corrected chi connectivity index (χ3v) is 4.07. The van der Waals surface area contributed by atoms with E-state index < -0.39 is 0 Å². The van der Waals surface area contributed by atoms with E-state index in [-0.39, 0.29) is 12.7 Å². The maximum atomic E-state index is 9.56. The number of pyridine rings is 1. The van der Waals surface area contributed by atoms with Crippen LogP contribution in [0.1, 0.15) is 42.9 Å². The summed E-state index contributed by atoms with van der Waals surface area (Å²) in [6.45, 7) is 0.0677. The number of fused-ring (bicyclic) bond motifs is 1. The SMILES string of the molecule is OCc1ccc2nc([C@H]3CC[C@@H](O)CC3)ccc2c1. The Kier molecular flexibility index (Phi) is 3.49. The zero-order valence-corrected chi connectivity index (χ0v) is 10.9. The van der Waals surface area contributed by atoms with Gasteiger partial charge in [0.15, 0.2) is 0 Å². The number of aliphatic hydroxyl groups excluding tert-OH is 2. The van der Waals surface area contributed by atoms with Crippen LogP contribution >= 0.6 is 0 Å². The lowest BCUT2D eigenvalue weighted by molar-refractivity contribution is 0.122. The number of aliphatic hydroxyl groups is 2. The molecule has 1 aromatic heterocycles. The summed E-state index contributed by atoms with van der Waals surface area (Å²) in [4.78, 5) is 4.74. The Balaban J connectivity index is 1.89. The van der Waals surface area contributed by atoms with E-state index in [1.54, 1.807) is 0 Å². The van der Waals surface area contributed by atoms with Crippen molar-refractivity contribution in [1.82, 2.24) is 4.98 Å². The van der Waals surface area contributed by atoms with Gasteiger partial charge in [-0.15, -0.1) is 0 Å². The number of aromatic nitrogens is 1. The molecule has 3 rings (SSSR count). The van der Waals surface area contributed by atoms with Gasteiger partial charge < -0.3 is 10.2 Å². The summed E-state index contributed by atoms with van der Waals surface area (Å²) >= 11 is 0. The van der Waals surface area contributed by atoms with Gasteiger partial charge in [0, 0.05) is 17.0 Å². The predicted molar refractivity (Wildman–Crippen MR) is 74.9 cm³/mol. The van der Waals surface area contributed by atoms with Crippen molar-refractivity contribution in [2.24, 2.45) is 0 Å². The molecule has 0 aliphatic heterocycles. The number of rotatable bonds is 2. The molecule has 1 aliphatic carbocycles. The molecule has 1 aromatic carbocycles. The fraction of sp³-hybridized carbons (Fsp3) is 0.438. The Labute approximate surface area is 112 Å². The number of hydrogen-bond acceptors (Lipinski definition) is 3. The first-order valence-electron chi connectivity index (χ1n) is 6.95. The molecular formula is C16H19NO2. The summed E-state index contributed by atoms with van der Waals surface area (Å²) in [6.07, 6.45) is 3.69. The van der Waals surface area contributed by atoms with Gasteiger partial charge >= 0.3 is 0 Å². The molecule has 1 aliphatic rings. The molecule has 0 unspecified atom stereocenters. The zero-order valence-electron chi connectivity index (χ0n) is 10.9. The minimum absolute atomic E-state index is 0.0677. The van der Waals surface area contributed by atoms with Crippen molar-refractivity contribution in [2.45, 2.75) is 44.3 Å². The summed E-state index contributed by atoms with van der Waals surface area (Å²) in [5, 5.41) is 19.8. The van der Waals surface area contributed by atoms with Crippen molar-refractivity contribution in [3.05, 3.63) is 41.6 Å². The standard InChI is InChI=1S/C16H19NO2/c18-10-11-1-7-16-13(9-11)4-8-15(17-16)12-2-5-14(19)6-3-12/h1,4,7-9,12,14,18-19H,2-3,5-6,10H2/t12-,14+. The van der Waals surface area contributed by atoms with Crippen LogP contribution in [0.3, 0.4) is 0 Å². The molecule has 1 fully saturated rings. The number of hydrogen-bond donors (Lipinski definition) is 2. The molecule has 100 valence electrons. The minimum Gasteiger partial charge on any atom is -0.393 e. The van der Waals surface area contributed by atoms with Crippen molar-refractivity contribution in [2.75, 3.05) is 0 Å². The molecule has 3 nitrogen and oxygen atoms in total. The van der Waals surface area contributed by atoms with E-state index in [2.05, 4.69) is 12.1 Å². The van der Waals surface area contributed by atoms with E-state index in [9.17, 15) is 5.11 Å². The lowest BCUT2D eigenvalue weighted by Gasteiger charge is -2.25. The first-order valence-corrected chi connectivity index (χ1v) is 6.95. The molecule has 0 atom stereocenters. The van der Waals surface area contributed by atoms with Crippen molar-refractivity contribution in [3.8, 4) is 0 Å². The highest BCUT2D eigenvalue weighted by Gasteiger charge is 2.21. The molecule has 0 saturated heterocycles. The highest BCUT2D eigenvalue weighted by molar-refractivity contribution is 5.79. The largest absolute Gasteiger partial charge is 0.393 e. The summed E-state index contributed by atoms with van der Waals surface area (Å²) < 4.78 is 0. The van der Waals surface area contributed by atoms with Gasteiger partial charge in [-0.25, -0.2) is 0 Å². The van der Waals surface area contributed by atoms with E-state index in [4.69, 9.17) is 10.1 Å². The van der Waals surface area contributed by atoms with E-state index in [1.807, 2.05) is 18.2 Å². The van der Waals surface area contributed by atoms with Gasteiger partial charge in [0.2, 0.25) is 0 Å². The second-order valence-corrected chi connectivity index (χ2v) is 5.43. The summed E-state index contributed by atoms with van der Waals surface area (Å²) in [6, 6.07) is 10.1. The second kappa shape index (κ2) is 5.27. The van der Waals surface area contributed by atoms with Gasteiger partial charge in [0.05, 0.1) is 18.2 Å². The highest BCUT2D eigenvalue weighted by atomic mass is 16.3. The summed E-state index contributed by atoms with van der Waals surface area (Å²) in [7, 11) is 0. The molecule has 2 N–H and O–H groups in total. The van der Waals surface area contributed by atoms with Crippen molar-refractivity contribution >= 4 is 10.9 Å². The van der Waals surface area contributed by atoms with Crippen LogP contribution in [-0.2, 0) is 6.61 Å². The summed E-state index contributed by atoms with van der Waals surface area (Å²) in [5.41, 5.74) is 3.04. The van der Waals surface area contributed by atoms with Crippen LogP contribution in [0.15, 0.2) is 30.3 Å². The van der Waals surface area contributed by atoms with Gasteiger partial charge in [-0.1, -0.05) is 12.1 Å². The average Bonchev–Trinajstić information content (AvgIpc) is 2.47. The van der Waals surface area contributed by atoms with E-state index in [0.717, 1.165) is 47.8 Å². The fourth-order valence-electron chi connectivity index (χ4n) is 2.89. The Hall–Kier alpha value is -1.45. The van der Waals surface area contributed by atoms with Crippen LogP contribution in [0, 0.1) is 0 Å². The van der Waals surface area contributed by atoms with Crippen LogP contribution < -0.4 is 0 Å². The molecule has 0 spiro atoms. The lowest BCUT2D eigenvalue weighted by Crippen LogP contribution is -2.17. The van der Waals surface area contributed by atoms with E-state index >= 15 is 0 Å². The Morgan fingerprint density at radius 1 is 1.05 bits per heavy atom. The topological polar surface area (TPSA) is 53.4 Å². The molecular weight excluding hydrogens is 238 g/mol. The Bertz CT molecular complexity index is 574. The zero-order chi connectivity index (χ0) is 13.2. The van der Waals surface area contributed by atoms with Crippen LogP contribution in [-0.4, -0.2) is 21.3 Å². The van der Waals surface area contributed by atoms with Gasteiger partial charge in [-0.3, -0.25) is 4.98 Å². The Morgan fingerprint density at radius 3 is 2.58 bits per heavy atom. The van der Waals surface area contributed by atoms with E-state index in [0.29, 0.717) is 5.92 Å².